The topological polar surface area (TPSA) is 32.3 Å². The molecule has 5 heteroatoms. The standard InChI is InChI=1S/C14H18F2N2O/c1-9(11-3-4-12(15)13(16)6-11)18(2)14(19)5-10-7-17-8-10/h3-4,6,9-10,17H,5,7-8H2,1-2H3. The Labute approximate surface area is 111 Å². The van der Waals surface area contributed by atoms with Crippen LogP contribution < -0.4 is 5.32 Å². The molecule has 1 aliphatic rings. The predicted molar refractivity (Wildman–Crippen MR) is 68.5 cm³/mol. The Morgan fingerprint density at radius 3 is 2.63 bits per heavy atom. The SMILES string of the molecule is CC(c1ccc(F)c(F)c1)N(C)C(=O)CC1CNC1. The summed E-state index contributed by atoms with van der Waals surface area (Å²) in [7, 11) is 1.69. The third-order valence-electron chi connectivity index (χ3n) is 3.73. The molecule has 1 aromatic rings. The summed E-state index contributed by atoms with van der Waals surface area (Å²) in [5, 5.41) is 3.12. The van der Waals surface area contributed by atoms with Crippen molar-refractivity contribution < 1.29 is 13.6 Å². The van der Waals surface area contributed by atoms with Crippen LogP contribution in [0, 0.1) is 17.6 Å². The fourth-order valence-electron chi connectivity index (χ4n) is 2.10. The third-order valence-corrected chi connectivity index (χ3v) is 3.73. The molecule has 1 N–H and O–H groups in total. The van der Waals surface area contributed by atoms with E-state index in [-0.39, 0.29) is 11.9 Å². The average Bonchev–Trinajstić information content (AvgIpc) is 2.35. The lowest BCUT2D eigenvalue weighted by molar-refractivity contribution is -0.133. The van der Waals surface area contributed by atoms with Gasteiger partial charge in [0, 0.05) is 13.5 Å². The van der Waals surface area contributed by atoms with Crippen molar-refractivity contribution in [2.45, 2.75) is 19.4 Å². The number of carbonyl (C=O) groups excluding carboxylic acids is 1. The van der Waals surface area contributed by atoms with E-state index in [1.54, 1.807) is 11.9 Å². The number of hydrogen-bond donors (Lipinski definition) is 1. The summed E-state index contributed by atoms with van der Waals surface area (Å²) in [5.41, 5.74) is 0.599. The molecule has 19 heavy (non-hydrogen) atoms. The normalized spacial score (nSPS) is 16.8. The lowest BCUT2D eigenvalue weighted by atomic mass is 9.98. The minimum absolute atomic E-state index is 0.0312. The van der Waals surface area contributed by atoms with Gasteiger partial charge in [-0.15, -0.1) is 0 Å². The van der Waals surface area contributed by atoms with Gasteiger partial charge in [-0.1, -0.05) is 6.07 Å². The zero-order chi connectivity index (χ0) is 14.0. The van der Waals surface area contributed by atoms with Crippen molar-refractivity contribution in [1.82, 2.24) is 10.2 Å². The first-order chi connectivity index (χ1) is 8.99. The monoisotopic (exact) mass is 268 g/mol. The van der Waals surface area contributed by atoms with E-state index in [0.717, 1.165) is 25.2 Å². The number of hydrogen-bond acceptors (Lipinski definition) is 2. The number of halogens is 2. The van der Waals surface area contributed by atoms with Gasteiger partial charge in [0.05, 0.1) is 6.04 Å². The molecule has 2 rings (SSSR count). The molecule has 104 valence electrons. The van der Waals surface area contributed by atoms with E-state index in [2.05, 4.69) is 5.32 Å². The Balaban J connectivity index is 2.02. The molecule has 0 aliphatic carbocycles. The van der Waals surface area contributed by atoms with Gasteiger partial charge < -0.3 is 10.2 Å². The zero-order valence-corrected chi connectivity index (χ0v) is 11.1. The zero-order valence-electron chi connectivity index (χ0n) is 11.1. The van der Waals surface area contributed by atoms with Crippen LogP contribution in [0.15, 0.2) is 18.2 Å². The molecule has 0 saturated carbocycles. The van der Waals surface area contributed by atoms with Crippen molar-refractivity contribution in [2.24, 2.45) is 5.92 Å². The van der Waals surface area contributed by atoms with E-state index in [0.29, 0.717) is 17.9 Å². The van der Waals surface area contributed by atoms with Gasteiger partial charge in [0.1, 0.15) is 0 Å². The Bertz CT molecular complexity index is 475. The average molecular weight is 268 g/mol. The Kier molecular flexibility index (Phi) is 4.14. The lowest BCUT2D eigenvalue weighted by Gasteiger charge is -2.31. The second-order valence-electron chi connectivity index (χ2n) is 5.08. The van der Waals surface area contributed by atoms with E-state index >= 15 is 0 Å². The molecule has 1 saturated heterocycles. The smallest absolute Gasteiger partial charge is 0.223 e. The summed E-state index contributed by atoms with van der Waals surface area (Å²) in [5.74, 6) is -1.32. The first-order valence-corrected chi connectivity index (χ1v) is 6.40. The molecular formula is C14H18F2N2O. The van der Waals surface area contributed by atoms with Gasteiger partial charge in [0.2, 0.25) is 5.91 Å². The van der Waals surface area contributed by atoms with Gasteiger partial charge in [-0.2, -0.15) is 0 Å². The van der Waals surface area contributed by atoms with Crippen LogP contribution in [0.2, 0.25) is 0 Å². The molecule has 0 spiro atoms. The van der Waals surface area contributed by atoms with E-state index in [1.165, 1.54) is 6.07 Å². The number of rotatable bonds is 4. The fourth-order valence-corrected chi connectivity index (χ4v) is 2.10. The van der Waals surface area contributed by atoms with Gasteiger partial charge >= 0.3 is 0 Å². The molecule has 1 aromatic carbocycles. The molecule has 0 aromatic heterocycles. The van der Waals surface area contributed by atoms with Gasteiger partial charge in [0.15, 0.2) is 11.6 Å². The van der Waals surface area contributed by atoms with Crippen molar-refractivity contribution in [1.29, 1.82) is 0 Å². The molecule has 3 nitrogen and oxygen atoms in total. The van der Waals surface area contributed by atoms with Gasteiger partial charge in [-0.25, -0.2) is 8.78 Å². The highest BCUT2D eigenvalue weighted by atomic mass is 19.2. The van der Waals surface area contributed by atoms with Crippen LogP contribution in [-0.2, 0) is 4.79 Å². The van der Waals surface area contributed by atoms with E-state index in [4.69, 9.17) is 0 Å². The van der Waals surface area contributed by atoms with Crippen LogP contribution in [0.25, 0.3) is 0 Å². The first kappa shape index (κ1) is 13.9. The molecule has 0 bridgehead atoms. The van der Waals surface area contributed by atoms with Gasteiger partial charge in [-0.05, 0) is 43.6 Å². The summed E-state index contributed by atoms with van der Waals surface area (Å²) < 4.78 is 26.1. The van der Waals surface area contributed by atoms with Crippen LogP contribution in [0.5, 0.6) is 0 Å². The highest BCUT2D eigenvalue weighted by Crippen LogP contribution is 2.22. The highest BCUT2D eigenvalue weighted by Gasteiger charge is 2.24. The molecule has 1 unspecified atom stereocenters. The molecule has 0 radical (unpaired) electrons. The van der Waals surface area contributed by atoms with Crippen LogP contribution in [0.3, 0.4) is 0 Å². The van der Waals surface area contributed by atoms with Crippen molar-refractivity contribution in [3.63, 3.8) is 0 Å². The molecular weight excluding hydrogens is 250 g/mol. The van der Waals surface area contributed by atoms with Gasteiger partial charge in [0.25, 0.3) is 0 Å². The largest absolute Gasteiger partial charge is 0.339 e. The van der Waals surface area contributed by atoms with Crippen molar-refractivity contribution in [2.75, 3.05) is 20.1 Å². The number of carbonyl (C=O) groups is 1. The number of nitrogens with one attached hydrogen (secondary N) is 1. The minimum atomic E-state index is -0.881. The number of benzene rings is 1. The number of amides is 1. The number of nitrogens with zero attached hydrogens (tertiary/aromatic N) is 1. The quantitative estimate of drug-likeness (QED) is 0.907. The summed E-state index contributed by atoms with van der Waals surface area (Å²) in [6.45, 7) is 3.56. The molecule has 1 fully saturated rings. The predicted octanol–water partition coefficient (Wildman–Crippen LogP) is 2.09. The van der Waals surface area contributed by atoms with Crippen molar-refractivity contribution in [3.05, 3.63) is 35.4 Å². The molecule has 1 heterocycles. The maximum Gasteiger partial charge on any atom is 0.223 e. The van der Waals surface area contributed by atoms with Crippen molar-refractivity contribution >= 4 is 5.91 Å². The second kappa shape index (κ2) is 5.65. The fraction of sp³-hybridized carbons (Fsp3) is 0.500. The first-order valence-electron chi connectivity index (χ1n) is 6.40. The highest BCUT2D eigenvalue weighted by molar-refractivity contribution is 5.76. The Morgan fingerprint density at radius 2 is 2.11 bits per heavy atom. The summed E-state index contributed by atoms with van der Waals surface area (Å²) >= 11 is 0. The van der Waals surface area contributed by atoms with Crippen LogP contribution in [-0.4, -0.2) is 30.9 Å². The van der Waals surface area contributed by atoms with E-state index in [1.807, 2.05) is 6.92 Å². The molecule has 1 amide bonds. The lowest BCUT2D eigenvalue weighted by Crippen LogP contribution is -2.45. The second-order valence-corrected chi connectivity index (χ2v) is 5.08. The molecule has 1 atom stereocenters. The van der Waals surface area contributed by atoms with Crippen LogP contribution >= 0.6 is 0 Å². The van der Waals surface area contributed by atoms with Crippen molar-refractivity contribution in [3.8, 4) is 0 Å². The Hall–Kier alpha value is -1.49. The minimum Gasteiger partial charge on any atom is -0.339 e. The molecule has 1 aliphatic heterocycles. The maximum atomic E-state index is 13.2. The summed E-state index contributed by atoms with van der Waals surface area (Å²) in [6.07, 6.45) is 0.498. The van der Waals surface area contributed by atoms with Crippen LogP contribution in [0.4, 0.5) is 8.78 Å². The summed E-state index contributed by atoms with van der Waals surface area (Å²) in [6, 6.07) is 3.48. The third kappa shape index (κ3) is 3.10. The van der Waals surface area contributed by atoms with Gasteiger partial charge in [-0.3, -0.25) is 4.79 Å². The van der Waals surface area contributed by atoms with E-state index in [9.17, 15) is 13.6 Å². The van der Waals surface area contributed by atoms with E-state index < -0.39 is 11.6 Å². The maximum absolute atomic E-state index is 13.2. The van der Waals surface area contributed by atoms with Crippen LogP contribution in [0.1, 0.15) is 24.9 Å². The summed E-state index contributed by atoms with van der Waals surface area (Å²) in [4.78, 5) is 13.6. The Morgan fingerprint density at radius 1 is 1.42 bits per heavy atom.